The maximum absolute atomic E-state index is 12.0. The van der Waals surface area contributed by atoms with Crippen molar-refractivity contribution in [2.24, 2.45) is 0 Å². The second kappa shape index (κ2) is 27.2. The van der Waals surface area contributed by atoms with Gasteiger partial charge in [-0.15, -0.1) is 0 Å². The number of aliphatic hydroxyl groups excluding tert-OH is 1. The van der Waals surface area contributed by atoms with Gasteiger partial charge in [-0.25, -0.2) is 0 Å². The minimum absolute atomic E-state index is 0.0446. The molecule has 10 atom stereocenters. The fraction of sp³-hybridized carbons (Fsp3) is 0.311. The number of ether oxygens (including phenoxy) is 10. The normalized spacial score (nSPS) is 23.4. The zero-order valence-corrected chi connectivity index (χ0v) is 40.4. The molecule has 0 radical (unpaired) electrons. The Hall–Kier alpha value is -5.90. The van der Waals surface area contributed by atoms with Gasteiger partial charge in [-0.1, -0.05) is 212 Å². The predicted molar refractivity (Wildman–Crippen MR) is 272 cm³/mol. The number of benzene rings is 7. The first-order valence-electron chi connectivity index (χ1n) is 24.8. The van der Waals surface area contributed by atoms with E-state index >= 15 is 0 Å². The summed E-state index contributed by atoms with van der Waals surface area (Å²) in [4.78, 5) is 0. The van der Waals surface area contributed by atoms with Crippen molar-refractivity contribution in [3.63, 3.8) is 0 Å². The minimum Gasteiger partial charge on any atom is -0.374 e. The minimum atomic E-state index is -1.40. The SMILES string of the molecule is O[C@H]1O[C@H](COCc2ccccc2)[C@@H](O[C@@H]2O[C@H]([C@@H](COCc3ccccc3)OCc3ccccc3)[C@H](OCc3ccccc3)[C@@H]2OCc2ccccc2)[C@H](OCc2ccccc2)[C@H]1OCc1ccccc1. The molecule has 2 saturated heterocycles. The molecule has 0 aliphatic carbocycles. The molecule has 72 heavy (non-hydrogen) atoms. The molecule has 0 unspecified atom stereocenters. The summed E-state index contributed by atoms with van der Waals surface area (Å²) in [6.45, 7) is 2.03. The van der Waals surface area contributed by atoms with E-state index in [-0.39, 0.29) is 46.2 Å². The molecule has 9 rings (SSSR count). The summed E-state index contributed by atoms with van der Waals surface area (Å²) in [5.74, 6) is 0. The lowest BCUT2D eigenvalue weighted by atomic mass is 9.97. The average Bonchev–Trinajstić information content (AvgIpc) is 3.78. The summed E-state index contributed by atoms with van der Waals surface area (Å²) in [5.41, 5.74) is 6.79. The van der Waals surface area contributed by atoms with Crippen molar-refractivity contribution in [3.05, 3.63) is 251 Å². The number of hydrogen-bond acceptors (Lipinski definition) is 11. The van der Waals surface area contributed by atoms with Crippen LogP contribution in [0.15, 0.2) is 212 Å². The van der Waals surface area contributed by atoms with Gasteiger partial charge in [-0.2, -0.15) is 0 Å². The smallest absolute Gasteiger partial charge is 0.187 e. The molecule has 0 saturated carbocycles. The van der Waals surface area contributed by atoms with Gasteiger partial charge in [-0.3, -0.25) is 0 Å². The van der Waals surface area contributed by atoms with E-state index in [0.717, 1.165) is 38.9 Å². The van der Waals surface area contributed by atoms with Crippen LogP contribution in [0.3, 0.4) is 0 Å². The van der Waals surface area contributed by atoms with Crippen LogP contribution in [-0.4, -0.2) is 79.7 Å². The standard InChI is InChI=1S/C61H64O11/c62-60-58(68-41-50-32-18-6-19-33-50)56(66-39-48-28-14-4-15-29-48)55(53(70-60)44-64-37-46-24-10-2-11-25-46)72-61-59(69-42-51-34-20-7-21-35-51)57(67-40-49-30-16-5-17-31-49)54(71-61)52(65-38-47-26-12-3-13-27-47)43-63-36-45-22-8-1-9-23-45/h1-35,52-62H,36-44H2/t52-,53-,54-,55-,56+,57+,58-,59+,60+,61+/m1/s1. The van der Waals surface area contributed by atoms with Gasteiger partial charge in [0.2, 0.25) is 0 Å². The van der Waals surface area contributed by atoms with Crippen LogP contribution in [0.2, 0.25) is 0 Å². The third-order valence-corrected chi connectivity index (χ3v) is 12.7. The maximum atomic E-state index is 12.0. The molecule has 7 aromatic rings. The quantitative estimate of drug-likeness (QED) is 0.0560. The van der Waals surface area contributed by atoms with Gasteiger partial charge in [0.15, 0.2) is 12.6 Å². The molecule has 0 amide bonds. The average molecular weight is 973 g/mol. The summed E-state index contributed by atoms with van der Waals surface area (Å²) in [6, 6.07) is 69.6. The molecular weight excluding hydrogens is 909 g/mol. The van der Waals surface area contributed by atoms with E-state index in [4.69, 9.17) is 47.4 Å². The van der Waals surface area contributed by atoms with Crippen molar-refractivity contribution in [1.29, 1.82) is 0 Å². The Balaban J connectivity index is 1.08. The van der Waals surface area contributed by atoms with E-state index in [1.165, 1.54) is 0 Å². The lowest BCUT2D eigenvalue weighted by molar-refractivity contribution is -0.339. The Labute approximate surface area is 423 Å². The zero-order valence-electron chi connectivity index (χ0n) is 40.4. The third-order valence-electron chi connectivity index (χ3n) is 12.7. The van der Waals surface area contributed by atoms with Crippen molar-refractivity contribution in [3.8, 4) is 0 Å². The maximum Gasteiger partial charge on any atom is 0.187 e. The largest absolute Gasteiger partial charge is 0.374 e. The first kappa shape index (κ1) is 51.0. The fourth-order valence-corrected chi connectivity index (χ4v) is 8.96. The molecule has 0 bridgehead atoms. The highest BCUT2D eigenvalue weighted by Crippen LogP contribution is 2.37. The van der Waals surface area contributed by atoms with E-state index in [1.54, 1.807) is 0 Å². The molecule has 0 aromatic heterocycles. The van der Waals surface area contributed by atoms with E-state index < -0.39 is 61.4 Å². The van der Waals surface area contributed by atoms with Crippen molar-refractivity contribution in [2.45, 2.75) is 108 Å². The van der Waals surface area contributed by atoms with Crippen molar-refractivity contribution < 1.29 is 52.5 Å². The van der Waals surface area contributed by atoms with Gasteiger partial charge in [0.05, 0.1) is 59.5 Å². The summed E-state index contributed by atoms with van der Waals surface area (Å²) in [7, 11) is 0. The Morgan fingerprint density at radius 1 is 0.361 bits per heavy atom. The molecule has 2 heterocycles. The highest BCUT2D eigenvalue weighted by atomic mass is 16.8. The van der Waals surface area contributed by atoms with Crippen LogP contribution in [0.25, 0.3) is 0 Å². The first-order valence-corrected chi connectivity index (χ1v) is 24.8. The Kier molecular flexibility index (Phi) is 19.3. The molecule has 11 heteroatoms. The molecule has 374 valence electrons. The lowest BCUT2D eigenvalue weighted by Crippen LogP contribution is -2.62. The van der Waals surface area contributed by atoms with Crippen LogP contribution < -0.4 is 0 Å². The van der Waals surface area contributed by atoms with E-state index in [0.29, 0.717) is 13.2 Å². The molecule has 2 aliphatic rings. The van der Waals surface area contributed by atoms with Crippen molar-refractivity contribution >= 4 is 0 Å². The highest BCUT2D eigenvalue weighted by Gasteiger charge is 2.55. The molecule has 2 fully saturated rings. The van der Waals surface area contributed by atoms with Crippen LogP contribution in [0, 0.1) is 0 Å². The monoisotopic (exact) mass is 972 g/mol. The summed E-state index contributed by atoms with van der Waals surface area (Å²) in [5, 5.41) is 12.0. The summed E-state index contributed by atoms with van der Waals surface area (Å²) < 4.78 is 68.3. The van der Waals surface area contributed by atoms with E-state index in [9.17, 15) is 5.11 Å². The van der Waals surface area contributed by atoms with Gasteiger partial charge < -0.3 is 52.5 Å². The Morgan fingerprint density at radius 3 is 1.17 bits per heavy atom. The van der Waals surface area contributed by atoms with Gasteiger partial charge in [0.25, 0.3) is 0 Å². The number of rotatable bonds is 26. The molecule has 7 aromatic carbocycles. The second-order valence-corrected chi connectivity index (χ2v) is 18.0. The van der Waals surface area contributed by atoms with E-state index in [2.05, 4.69) is 0 Å². The van der Waals surface area contributed by atoms with Crippen LogP contribution in [0.5, 0.6) is 0 Å². The molecule has 0 spiro atoms. The van der Waals surface area contributed by atoms with Gasteiger partial charge >= 0.3 is 0 Å². The number of aliphatic hydroxyl groups is 1. The van der Waals surface area contributed by atoms with Crippen molar-refractivity contribution in [1.82, 2.24) is 0 Å². The lowest BCUT2D eigenvalue weighted by Gasteiger charge is -2.45. The van der Waals surface area contributed by atoms with Crippen LogP contribution in [-0.2, 0) is 93.6 Å². The predicted octanol–water partition coefficient (Wildman–Crippen LogP) is 10.2. The van der Waals surface area contributed by atoms with Crippen LogP contribution >= 0.6 is 0 Å². The Bertz CT molecular complexity index is 2550. The van der Waals surface area contributed by atoms with E-state index in [1.807, 2.05) is 212 Å². The summed E-state index contributed by atoms with van der Waals surface area (Å²) >= 11 is 0. The Morgan fingerprint density at radius 2 is 0.722 bits per heavy atom. The zero-order chi connectivity index (χ0) is 49.0. The van der Waals surface area contributed by atoms with Gasteiger partial charge in [-0.05, 0) is 38.9 Å². The molecule has 2 aliphatic heterocycles. The van der Waals surface area contributed by atoms with Crippen molar-refractivity contribution in [2.75, 3.05) is 13.2 Å². The van der Waals surface area contributed by atoms with Gasteiger partial charge in [0.1, 0.15) is 48.8 Å². The molecular formula is C61H64O11. The topological polar surface area (TPSA) is 113 Å². The number of hydrogen-bond donors (Lipinski definition) is 1. The third kappa shape index (κ3) is 14.8. The van der Waals surface area contributed by atoms with Crippen LogP contribution in [0.4, 0.5) is 0 Å². The van der Waals surface area contributed by atoms with Gasteiger partial charge in [0, 0.05) is 0 Å². The first-order chi connectivity index (χ1) is 35.6. The summed E-state index contributed by atoms with van der Waals surface area (Å²) in [6.07, 6.45) is -9.18. The fourth-order valence-electron chi connectivity index (χ4n) is 8.96. The second-order valence-electron chi connectivity index (χ2n) is 18.0. The van der Waals surface area contributed by atoms with Crippen LogP contribution in [0.1, 0.15) is 38.9 Å². The molecule has 11 nitrogen and oxygen atoms in total. The molecule has 1 N–H and O–H groups in total. The highest BCUT2D eigenvalue weighted by molar-refractivity contribution is 5.19.